The minimum atomic E-state index is -1.07. The van der Waals surface area contributed by atoms with E-state index in [0.29, 0.717) is 0 Å². The van der Waals surface area contributed by atoms with E-state index in [9.17, 15) is 13.6 Å². The molecular formula is C13H8F2IrNO2-. The van der Waals surface area contributed by atoms with Crippen LogP contribution >= 0.6 is 0 Å². The van der Waals surface area contributed by atoms with E-state index in [1.165, 1.54) is 12.3 Å². The summed E-state index contributed by atoms with van der Waals surface area (Å²) < 4.78 is 31.8. The standard InChI is InChI=1S/C13H8F2NO2.Ir/c1-18-13(17)11-9(14)6-5-8(12(11)15)10-4-2-3-7-16-10;/h2-4,6-7H,1H3;/q-1;. The molecule has 0 bridgehead atoms. The molecule has 0 N–H and O–H groups in total. The van der Waals surface area contributed by atoms with Crippen LogP contribution in [0.5, 0.6) is 0 Å². The smallest absolute Gasteiger partial charge is 0.324 e. The van der Waals surface area contributed by atoms with E-state index in [2.05, 4.69) is 15.8 Å². The number of ether oxygens (including phenoxy) is 1. The predicted molar refractivity (Wildman–Crippen MR) is 59.8 cm³/mol. The minimum absolute atomic E-state index is 0. The van der Waals surface area contributed by atoms with Crippen molar-refractivity contribution in [3.8, 4) is 11.3 Å². The number of esters is 1. The van der Waals surface area contributed by atoms with Crippen molar-refractivity contribution in [3.63, 3.8) is 0 Å². The molecule has 2 rings (SSSR count). The van der Waals surface area contributed by atoms with Gasteiger partial charge in [-0.25, -0.2) is 4.79 Å². The van der Waals surface area contributed by atoms with Gasteiger partial charge in [0.2, 0.25) is 0 Å². The van der Waals surface area contributed by atoms with Crippen molar-refractivity contribution in [3.05, 3.63) is 53.7 Å². The summed E-state index contributed by atoms with van der Waals surface area (Å²) in [5.41, 5.74) is -0.547. The van der Waals surface area contributed by atoms with Crippen LogP contribution in [-0.2, 0) is 24.8 Å². The first-order chi connectivity index (χ1) is 8.65. The molecule has 19 heavy (non-hydrogen) atoms. The average Bonchev–Trinajstić information content (AvgIpc) is 2.39. The van der Waals surface area contributed by atoms with E-state index in [4.69, 9.17) is 0 Å². The fourth-order valence-electron chi connectivity index (χ4n) is 1.49. The molecular weight excluding hydrogens is 432 g/mol. The normalized spacial score (nSPS) is 9.63. The average molecular weight is 440 g/mol. The van der Waals surface area contributed by atoms with E-state index in [1.54, 1.807) is 12.1 Å². The molecule has 0 saturated heterocycles. The van der Waals surface area contributed by atoms with Gasteiger partial charge in [-0.05, 0) is 11.8 Å². The van der Waals surface area contributed by atoms with Gasteiger partial charge in [0.15, 0.2) is 0 Å². The summed E-state index contributed by atoms with van der Waals surface area (Å²) in [5, 5.41) is 0. The maximum absolute atomic E-state index is 14.0. The zero-order chi connectivity index (χ0) is 13.1. The summed E-state index contributed by atoms with van der Waals surface area (Å²) in [6.45, 7) is 0. The maximum atomic E-state index is 14.0. The van der Waals surface area contributed by atoms with Crippen LogP contribution < -0.4 is 0 Å². The van der Waals surface area contributed by atoms with Gasteiger partial charge in [-0.2, -0.15) is 0 Å². The number of carbonyl (C=O) groups is 1. The van der Waals surface area contributed by atoms with Gasteiger partial charge in [0.05, 0.1) is 18.7 Å². The second-order valence-corrected chi connectivity index (χ2v) is 3.41. The van der Waals surface area contributed by atoms with Gasteiger partial charge in [-0.1, -0.05) is 17.7 Å². The predicted octanol–water partition coefficient (Wildman–Crippen LogP) is 2.61. The van der Waals surface area contributed by atoms with Gasteiger partial charge in [-0.3, -0.25) is 8.78 Å². The zero-order valence-corrected chi connectivity index (χ0v) is 12.1. The molecule has 1 heterocycles. The number of nitrogens with zero attached hydrogens (tertiary/aromatic N) is 1. The summed E-state index contributed by atoms with van der Waals surface area (Å²) in [6, 6.07) is 8.15. The van der Waals surface area contributed by atoms with Gasteiger partial charge in [0.25, 0.3) is 0 Å². The van der Waals surface area contributed by atoms with Gasteiger partial charge in [0, 0.05) is 31.9 Å². The van der Waals surface area contributed by atoms with Crippen LogP contribution in [0.1, 0.15) is 10.4 Å². The third-order valence-corrected chi connectivity index (χ3v) is 2.33. The molecule has 3 nitrogen and oxygen atoms in total. The summed E-state index contributed by atoms with van der Waals surface area (Å²) >= 11 is 0. The van der Waals surface area contributed by atoms with Crippen LogP contribution in [0.2, 0.25) is 0 Å². The van der Waals surface area contributed by atoms with Crippen molar-refractivity contribution in [1.29, 1.82) is 0 Å². The molecule has 0 fully saturated rings. The van der Waals surface area contributed by atoms with E-state index < -0.39 is 23.2 Å². The Labute approximate surface area is 122 Å². The molecule has 0 unspecified atom stereocenters. The number of hydrogen-bond donors (Lipinski definition) is 0. The molecule has 1 radical (unpaired) electrons. The summed E-state index contributed by atoms with van der Waals surface area (Å²) in [7, 11) is 1.05. The molecule has 6 heteroatoms. The van der Waals surface area contributed by atoms with E-state index in [-0.39, 0.29) is 31.4 Å². The van der Waals surface area contributed by atoms with Crippen LogP contribution in [0.25, 0.3) is 11.3 Å². The molecule has 1 aromatic carbocycles. The van der Waals surface area contributed by atoms with Crippen molar-refractivity contribution >= 4 is 5.97 Å². The Morgan fingerprint density at radius 3 is 2.68 bits per heavy atom. The monoisotopic (exact) mass is 441 g/mol. The summed E-state index contributed by atoms with van der Waals surface area (Å²) in [6.07, 6.45) is 1.46. The van der Waals surface area contributed by atoms with Crippen LogP contribution in [0.4, 0.5) is 8.78 Å². The molecule has 0 saturated carbocycles. The second-order valence-electron chi connectivity index (χ2n) is 3.41. The Balaban J connectivity index is 0.00000180. The van der Waals surface area contributed by atoms with Crippen molar-refractivity contribution in [2.45, 2.75) is 0 Å². The number of carbonyl (C=O) groups excluding carboxylic acids is 1. The van der Waals surface area contributed by atoms with E-state index >= 15 is 0 Å². The number of halogens is 2. The van der Waals surface area contributed by atoms with Crippen LogP contribution in [0.3, 0.4) is 0 Å². The molecule has 0 amide bonds. The largest absolute Gasteiger partial charge is 0.466 e. The van der Waals surface area contributed by atoms with Gasteiger partial charge < -0.3 is 9.72 Å². The SMILES string of the molecule is COC(=O)c1c(F)c[c-]c(-c2ccccn2)c1F.[Ir]. The first-order valence-electron chi connectivity index (χ1n) is 5.04. The number of aromatic nitrogens is 1. The van der Waals surface area contributed by atoms with Crippen molar-refractivity contribution < 1.29 is 38.4 Å². The number of rotatable bonds is 2. The second kappa shape index (κ2) is 6.50. The van der Waals surface area contributed by atoms with Crippen molar-refractivity contribution in [2.24, 2.45) is 0 Å². The minimum Gasteiger partial charge on any atom is -0.466 e. The van der Waals surface area contributed by atoms with Crippen LogP contribution in [0.15, 0.2) is 30.5 Å². The summed E-state index contributed by atoms with van der Waals surface area (Å²) in [4.78, 5) is 15.2. The molecule has 0 aliphatic heterocycles. The molecule has 2 aromatic rings. The van der Waals surface area contributed by atoms with Crippen LogP contribution in [-0.4, -0.2) is 18.1 Å². The Kier molecular flexibility index (Phi) is 5.27. The Hall–Kier alpha value is -1.65. The molecule has 1 aromatic heterocycles. The van der Waals surface area contributed by atoms with Crippen molar-refractivity contribution in [1.82, 2.24) is 4.98 Å². The number of methoxy groups -OCH3 is 1. The Morgan fingerprint density at radius 1 is 1.37 bits per heavy atom. The topological polar surface area (TPSA) is 39.2 Å². The third kappa shape index (κ3) is 3.03. The van der Waals surface area contributed by atoms with Gasteiger partial charge in [-0.15, -0.1) is 12.1 Å². The first kappa shape index (κ1) is 15.4. The zero-order valence-electron chi connectivity index (χ0n) is 9.74. The van der Waals surface area contributed by atoms with E-state index in [0.717, 1.165) is 13.2 Å². The Bertz CT molecular complexity index is 591. The van der Waals surface area contributed by atoms with Crippen LogP contribution in [0, 0.1) is 17.7 Å². The molecule has 0 aliphatic rings. The molecule has 101 valence electrons. The maximum Gasteiger partial charge on any atom is 0.324 e. The molecule has 0 aliphatic carbocycles. The molecule has 0 atom stereocenters. The van der Waals surface area contributed by atoms with E-state index in [1.807, 2.05) is 0 Å². The van der Waals surface area contributed by atoms with Gasteiger partial charge in [0.1, 0.15) is 0 Å². The van der Waals surface area contributed by atoms with Crippen molar-refractivity contribution in [2.75, 3.05) is 7.11 Å². The summed E-state index contributed by atoms with van der Waals surface area (Å²) in [5.74, 6) is -3.12. The fourth-order valence-corrected chi connectivity index (χ4v) is 1.49. The molecule has 0 spiro atoms. The fraction of sp³-hybridized carbons (Fsp3) is 0.0769. The third-order valence-electron chi connectivity index (χ3n) is 2.33. The number of pyridine rings is 1. The first-order valence-corrected chi connectivity index (χ1v) is 5.04. The number of benzene rings is 1. The Morgan fingerprint density at radius 2 is 2.11 bits per heavy atom. The quantitative estimate of drug-likeness (QED) is 0.533. The van der Waals surface area contributed by atoms with Gasteiger partial charge >= 0.3 is 5.97 Å². The number of hydrogen-bond acceptors (Lipinski definition) is 3.